The maximum Gasteiger partial charge on any atom is 0.244 e. The molecule has 4 aliphatic rings. The number of carbonyl (C=O) groups is 3. The van der Waals surface area contributed by atoms with Crippen molar-refractivity contribution in [3.8, 4) is 0 Å². The van der Waals surface area contributed by atoms with Crippen LogP contribution in [0.2, 0.25) is 5.02 Å². The number of nitrogens with one attached hydrogen (secondary N) is 1. The van der Waals surface area contributed by atoms with E-state index in [9.17, 15) is 14.4 Å². The smallest absolute Gasteiger partial charge is 0.244 e. The molecule has 1 fully saturated rings. The summed E-state index contributed by atoms with van der Waals surface area (Å²) in [7, 11) is 0. The maximum atomic E-state index is 14.5. The second kappa shape index (κ2) is 9.53. The minimum absolute atomic E-state index is 0.172. The Morgan fingerprint density at radius 1 is 0.902 bits per heavy atom. The van der Waals surface area contributed by atoms with E-state index < -0.39 is 17.3 Å². The predicted octanol–water partition coefficient (Wildman–Crippen LogP) is 5.54. The normalized spacial score (nSPS) is 23.9. The van der Waals surface area contributed by atoms with Gasteiger partial charge in [0, 0.05) is 17.2 Å². The lowest BCUT2D eigenvalue weighted by Gasteiger charge is -2.52. The van der Waals surface area contributed by atoms with E-state index in [4.69, 9.17) is 11.6 Å². The fourth-order valence-corrected chi connectivity index (χ4v) is 7.30. The van der Waals surface area contributed by atoms with Gasteiger partial charge in [-0.25, -0.2) is 10.3 Å². The van der Waals surface area contributed by atoms with Gasteiger partial charge in [0.25, 0.3) is 0 Å². The van der Waals surface area contributed by atoms with E-state index in [0.717, 1.165) is 33.4 Å². The van der Waals surface area contributed by atoms with Crippen LogP contribution in [0.4, 0.5) is 5.69 Å². The van der Waals surface area contributed by atoms with Crippen molar-refractivity contribution in [1.29, 1.82) is 0 Å². The van der Waals surface area contributed by atoms with Gasteiger partial charge in [0.2, 0.25) is 17.7 Å². The van der Waals surface area contributed by atoms with Crippen LogP contribution < -0.4 is 10.3 Å². The highest BCUT2D eigenvalue weighted by molar-refractivity contribution is 6.31. The number of aryl methyl sites for hydroxylation is 1. The SMILES string of the molecule is Cc1ccc(Cl)cc1N1C(=O)[C@H]2C3c4ccccc4C(/C=N\NC(=O)Cc4ccccc4)(c4ccccc43)[C@H]2C1=O. The Bertz CT molecular complexity index is 1720. The third kappa shape index (κ3) is 3.71. The van der Waals surface area contributed by atoms with Crippen molar-refractivity contribution in [2.24, 2.45) is 16.9 Å². The quantitative estimate of drug-likeness (QED) is 0.198. The van der Waals surface area contributed by atoms with Crippen LogP contribution in [0, 0.1) is 18.8 Å². The molecule has 1 heterocycles. The van der Waals surface area contributed by atoms with E-state index in [-0.39, 0.29) is 30.1 Å². The summed E-state index contributed by atoms with van der Waals surface area (Å²) in [5.74, 6) is -2.45. The first-order chi connectivity index (χ1) is 19.9. The minimum atomic E-state index is -1.05. The third-order valence-electron chi connectivity index (χ3n) is 8.76. The second-order valence-corrected chi connectivity index (χ2v) is 11.4. The van der Waals surface area contributed by atoms with Crippen molar-refractivity contribution >= 4 is 41.2 Å². The molecule has 3 amide bonds. The van der Waals surface area contributed by atoms with Crippen LogP contribution in [0.15, 0.2) is 102 Å². The lowest BCUT2D eigenvalue weighted by Crippen LogP contribution is -2.54. The molecule has 1 aliphatic heterocycles. The molecule has 202 valence electrons. The van der Waals surface area contributed by atoms with Gasteiger partial charge in [-0.05, 0) is 52.4 Å². The number of hydrazone groups is 1. The Morgan fingerprint density at radius 2 is 1.54 bits per heavy atom. The fraction of sp³-hybridized carbons (Fsp3) is 0.176. The number of hydrogen-bond donors (Lipinski definition) is 1. The van der Waals surface area contributed by atoms with Crippen molar-refractivity contribution in [3.63, 3.8) is 0 Å². The first kappa shape index (κ1) is 25.4. The summed E-state index contributed by atoms with van der Waals surface area (Å²) in [6.45, 7) is 1.87. The van der Waals surface area contributed by atoms with Gasteiger partial charge in [0.1, 0.15) is 0 Å². The molecule has 4 aromatic carbocycles. The second-order valence-electron chi connectivity index (χ2n) is 10.9. The molecule has 4 aromatic rings. The number of anilines is 1. The Kier molecular flexibility index (Phi) is 5.91. The Balaban J connectivity index is 1.38. The topological polar surface area (TPSA) is 78.8 Å². The van der Waals surface area contributed by atoms with Crippen molar-refractivity contribution in [3.05, 3.63) is 135 Å². The Morgan fingerprint density at radius 3 is 2.22 bits per heavy atom. The first-order valence-corrected chi connectivity index (χ1v) is 14.0. The standard InChI is InChI=1S/C34H26ClN3O3/c1-20-15-16-22(35)18-27(20)38-32(40)30-29-23-11-5-7-13-25(23)34(31(30)33(38)41,26-14-8-6-12-24(26)29)19-36-37-28(39)17-21-9-3-2-4-10-21/h2-16,18-19,29-31H,17H2,1H3,(H,37,39)/b36-19-/t29?,30-,31+,34?/m0/s1. The average molecular weight is 560 g/mol. The molecular formula is C34H26ClN3O3. The molecule has 0 aromatic heterocycles. The summed E-state index contributed by atoms with van der Waals surface area (Å²) in [5.41, 5.74) is 7.64. The number of nitrogens with zero attached hydrogens (tertiary/aromatic N) is 2. The zero-order valence-electron chi connectivity index (χ0n) is 22.3. The van der Waals surface area contributed by atoms with Gasteiger partial charge in [-0.1, -0.05) is 96.5 Å². The van der Waals surface area contributed by atoms with Crippen LogP contribution in [-0.4, -0.2) is 23.9 Å². The molecule has 2 bridgehead atoms. The van der Waals surface area contributed by atoms with E-state index in [1.165, 1.54) is 4.90 Å². The summed E-state index contributed by atoms with van der Waals surface area (Å²) in [4.78, 5) is 42.9. The number of carbonyl (C=O) groups excluding carboxylic acids is 3. The molecule has 0 unspecified atom stereocenters. The molecule has 6 nitrogen and oxygen atoms in total. The molecule has 7 heteroatoms. The van der Waals surface area contributed by atoms with Crippen LogP contribution in [0.3, 0.4) is 0 Å². The van der Waals surface area contributed by atoms with E-state index in [1.54, 1.807) is 18.3 Å². The molecule has 0 saturated carbocycles. The zero-order chi connectivity index (χ0) is 28.3. The van der Waals surface area contributed by atoms with Gasteiger partial charge in [0.05, 0.1) is 29.4 Å². The summed E-state index contributed by atoms with van der Waals surface area (Å²) in [5, 5.41) is 4.93. The van der Waals surface area contributed by atoms with Crippen LogP contribution >= 0.6 is 11.6 Å². The van der Waals surface area contributed by atoms with E-state index in [1.807, 2.05) is 91.9 Å². The minimum Gasteiger partial charge on any atom is -0.274 e. The average Bonchev–Trinajstić information content (AvgIpc) is 3.25. The van der Waals surface area contributed by atoms with Crippen molar-refractivity contribution in [1.82, 2.24) is 5.43 Å². The van der Waals surface area contributed by atoms with Gasteiger partial charge < -0.3 is 0 Å². The summed E-state index contributed by atoms with van der Waals surface area (Å²) >= 11 is 6.33. The molecule has 8 rings (SSSR count). The molecule has 1 N–H and O–H groups in total. The molecule has 3 aliphatic carbocycles. The maximum absolute atomic E-state index is 14.5. The highest BCUT2D eigenvalue weighted by atomic mass is 35.5. The monoisotopic (exact) mass is 559 g/mol. The fourth-order valence-electron chi connectivity index (χ4n) is 7.14. The molecular weight excluding hydrogens is 534 g/mol. The number of halogens is 1. The largest absolute Gasteiger partial charge is 0.274 e. The number of hydrogen-bond acceptors (Lipinski definition) is 4. The van der Waals surface area contributed by atoms with Gasteiger partial charge in [-0.15, -0.1) is 0 Å². The van der Waals surface area contributed by atoms with Gasteiger partial charge in [-0.2, -0.15) is 5.10 Å². The molecule has 0 spiro atoms. The van der Waals surface area contributed by atoms with E-state index in [0.29, 0.717) is 10.7 Å². The number of amides is 3. The summed E-state index contributed by atoms with van der Waals surface area (Å²) in [6, 6.07) is 30.6. The molecule has 1 saturated heterocycles. The highest BCUT2D eigenvalue weighted by Gasteiger charge is 2.68. The first-order valence-electron chi connectivity index (χ1n) is 13.6. The Labute approximate surface area is 242 Å². The van der Waals surface area contributed by atoms with Gasteiger partial charge >= 0.3 is 0 Å². The summed E-state index contributed by atoms with van der Waals surface area (Å²) < 4.78 is 0. The van der Waals surface area contributed by atoms with Crippen LogP contribution in [-0.2, 0) is 26.2 Å². The lowest BCUT2D eigenvalue weighted by atomic mass is 9.47. The van der Waals surface area contributed by atoms with Crippen molar-refractivity contribution in [2.75, 3.05) is 4.90 Å². The predicted molar refractivity (Wildman–Crippen MR) is 158 cm³/mol. The zero-order valence-corrected chi connectivity index (χ0v) is 23.0. The molecule has 2 atom stereocenters. The number of imide groups is 1. The van der Waals surface area contributed by atoms with Crippen LogP contribution in [0.1, 0.15) is 39.3 Å². The Hall–Kier alpha value is -4.55. The van der Waals surface area contributed by atoms with Crippen molar-refractivity contribution in [2.45, 2.75) is 24.7 Å². The van der Waals surface area contributed by atoms with Gasteiger partial charge in [-0.3, -0.25) is 14.4 Å². The van der Waals surface area contributed by atoms with Crippen LogP contribution in [0.5, 0.6) is 0 Å². The van der Waals surface area contributed by atoms with Crippen molar-refractivity contribution < 1.29 is 14.4 Å². The van der Waals surface area contributed by atoms with E-state index in [2.05, 4.69) is 10.5 Å². The number of rotatable bonds is 5. The van der Waals surface area contributed by atoms with E-state index >= 15 is 0 Å². The summed E-state index contributed by atoms with van der Waals surface area (Å²) in [6.07, 6.45) is 1.85. The highest BCUT2D eigenvalue weighted by Crippen LogP contribution is 2.63. The lowest BCUT2D eigenvalue weighted by molar-refractivity contribution is -0.123. The van der Waals surface area contributed by atoms with Gasteiger partial charge in [0.15, 0.2) is 0 Å². The number of benzene rings is 4. The molecule has 0 radical (unpaired) electrons. The molecule has 41 heavy (non-hydrogen) atoms. The third-order valence-corrected chi connectivity index (χ3v) is 9.00. The van der Waals surface area contributed by atoms with Crippen LogP contribution in [0.25, 0.3) is 0 Å².